The second-order valence-corrected chi connectivity index (χ2v) is 8.03. The number of benzene rings is 2. The maximum Gasteiger partial charge on any atom is 0.241 e. The van der Waals surface area contributed by atoms with E-state index in [1.807, 2.05) is 6.92 Å². The number of carbonyl (C=O) groups excluding carboxylic acids is 1. The first-order chi connectivity index (χ1) is 16.0. The van der Waals surface area contributed by atoms with Crippen LogP contribution in [0.2, 0.25) is 0 Å². The molecule has 0 saturated carbocycles. The van der Waals surface area contributed by atoms with E-state index in [0.29, 0.717) is 41.0 Å². The van der Waals surface area contributed by atoms with Gasteiger partial charge in [-0.1, -0.05) is 5.16 Å². The van der Waals surface area contributed by atoms with Gasteiger partial charge in [-0.05, 0) is 62.7 Å². The number of nitrogens with one attached hydrogen (secondary N) is 1. The van der Waals surface area contributed by atoms with Gasteiger partial charge in [0, 0.05) is 18.2 Å². The fraction of sp³-hybridized carbons (Fsp3) is 0.375. The summed E-state index contributed by atoms with van der Waals surface area (Å²) in [4.78, 5) is 19.6. The first-order valence-corrected chi connectivity index (χ1v) is 10.8. The molecule has 1 saturated heterocycles. The van der Waals surface area contributed by atoms with E-state index in [9.17, 15) is 9.18 Å². The van der Waals surface area contributed by atoms with Gasteiger partial charge in [0.05, 0.1) is 31.9 Å². The van der Waals surface area contributed by atoms with Gasteiger partial charge in [-0.25, -0.2) is 4.39 Å². The van der Waals surface area contributed by atoms with Crippen LogP contribution >= 0.6 is 0 Å². The molecule has 1 N–H and O–H groups in total. The number of carbonyl (C=O) groups is 1. The summed E-state index contributed by atoms with van der Waals surface area (Å²) in [5.74, 6) is 1.71. The Hall–Kier alpha value is -3.46. The van der Waals surface area contributed by atoms with Gasteiger partial charge in [0.1, 0.15) is 17.3 Å². The van der Waals surface area contributed by atoms with Crippen LogP contribution in [0, 0.1) is 5.82 Å². The van der Waals surface area contributed by atoms with Gasteiger partial charge < -0.3 is 19.3 Å². The van der Waals surface area contributed by atoms with Crippen LogP contribution in [0.25, 0.3) is 11.4 Å². The number of piperidine rings is 1. The van der Waals surface area contributed by atoms with Crippen LogP contribution in [0.5, 0.6) is 11.5 Å². The van der Waals surface area contributed by atoms with Crippen LogP contribution < -0.4 is 14.8 Å². The van der Waals surface area contributed by atoms with Crippen molar-refractivity contribution in [2.24, 2.45) is 0 Å². The van der Waals surface area contributed by atoms with Gasteiger partial charge in [-0.3, -0.25) is 9.69 Å². The second kappa shape index (κ2) is 9.99. The third-order valence-corrected chi connectivity index (χ3v) is 5.94. The van der Waals surface area contributed by atoms with E-state index < -0.39 is 0 Å². The number of halogens is 1. The Labute approximate surface area is 191 Å². The highest BCUT2D eigenvalue weighted by molar-refractivity contribution is 5.96. The normalized spacial score (nSPS) is 17.4. The molecule has 4 rings (SSSR count). The molecule has 1 aliphatic heterocycles. The monoisotopic (exact) mass is 454 g/mol. The molecular weight excluding hydrogens is 427 g/mol. The molecule has 33 heavy (non-hydrogen) atoms. The summed E-state index contributed by atoms with van der Waals surface area (Å²) in [7, 11) is 3.13. The van der Waals surface area contributed by atoms with Crippen LogP contribution in [0.15, 0.2) is 47.0 Å². The van der Waals surface area contributed by atoms with Gasteiger partial charge in [-0.15, -0.1) is 0 Å². The predicted molar refractivity (Wildman–Crippen MR) is 121 cm³/mol. The highest BCUT2D eigenvalue weighted by atomic mass is 19.1. The Kier molecular flexibility index (Phi) is 6.88. The van der Waals surface area contributed by atoms with Gasteiger partial charge in [0.2, 0.25) is 17.6 Å². The molecule has 2 unspecified atom stereocenters. The van der Waals surface area contributed by atoms with Gasteiger partial charge in [-0.2, -0.15) is 4.98 Å². The van der Waals surface area contributed by atoms with E-state index in [-0.39, 0.29) is 23.7 Å². The smallest absolute Gasteiger partial charge is 0.241 e. The lowest BCUT2D eigenvalue weighted by molar-refractivity contribution is -0.121. The molecule has 1 amide bonds. The lowest BCUT2D eigenvalue weighted by atomic mass is 9.96. The van der Waals surface area contributed by atoms with Crippen molar-refractivity contribution in [3.05, 3.63) is 54.2 Å². The number of amides is 1. The van der Waals surface area contributed by atoms with Crippen molar-refractivity contribution >= 4 is 11.6 Å². The molecule has 1 aliphatic rings. The van der Waals surface area contributed by atoms with E-state index in [1.165, 1.54) is 12.1 Å². The van der Waals surface area contributed by atoms with E-state index in [1.54, 1.807) is 44.6 Å². The standard InChI is InChI=1S/C24H27FN4O4/c1-15(23(30)26-20-13-19(31-2)10-11-21(20)32-3)29-12-4-5-17(14-29)24-27-22(28-33-24)16-6-8-18(25)9-7-16/h6-11,13,15,17H,4-5,12,14H2,1-3H3,(H,26,30). The summed E-state index contributed by atoms with van der Waals surface area (Å²) in [5, 5.41) is 7.01. The summed E-state index contributed by atoms with van der Waals surface area (Å²) < 4.78 is 29.3. The molecule has 0 bridgehead atoms. The Morgan fingerprint density at radius 3 is 2.73 bits per heavy atom. The zero-order valence-corrected chi connectivity index (χ0v) is 18.9. The van der Waals surface area contributed by atoms with Crippen LogP contribution in [-0.2, 0) is 4.79 Å². The van der Waals surface area contributed by atoms with Crippen molar-refractivity contribution in [1.29, 1.82) is 0 Å². The minimum Gasteiger partial charge on any atom is -0.497 e. The number of aromatic nitrogens is 2. The molecule has 174 valence electrons. The van der Waals surface area contributed by atoms with Crippen molar-refractivity contribution in [1.82, 2.24) is 15.0 Å². The molecule has 2 atom stereocenters. The number of likely N-dealkylation sites (tertiary alicyclic amines) is 1. The first-order valence-electron chi connectivity index (χ1n) is 10.8. The van der Waals surface area contributed by atoms with Crippen molar-refractivity contribution in [3.63, 3.8) is 0 Å². The molecule has 0 aliphatic carbocycles. The lowest BCUT2D eigenvalue weighted by Crippen LogP contribution is -2.46. The molecule has 2 heterocycles. The maximum atomic E-state index is 13.2. The average Bonchev–Trinajstić information content (AvgIpc) is 3.34. The zero-order chi connectivity index (χ0) is 23.4. The highest BCUT2D eigenvalue weighted by Gasteiger charge is 2.31. The van der Waals surface area contributed by atoms with Crippen LogP contribution in [-0.4, -0.2) is 54.3 Å². The van der Waals surface area contributed by atoms with Crippen molar-refractivity contribution < 1.29 is 23.2 Å². The number of methoxy groups -OCH3 is 2. The van der Waals surface area contributed by atoms with E-state index in [2.05, 4.69) is 20.4 Å². The summed E-state index contributed by atoms with van der Waals surface area (Å²) >= 11 is 0. The van der Waals surface area contributed by atoms with Crippen LogP contribution in [0.3, 0.4) is 0 Å². The third kappa shape index (κ3) is 5.14. The topological polar surface area (TPSA) is 89.7 Å². The molecule has 2 aromatic carbocycles. The molecule has 0 radical (unpaired) electrons. The number of ether oxygens (including phenoxy) is 2. The maximum absolute atomic E-state index is 13.2. The Balaban J connectivity index is 1.43. The zero-order valence-electron chi connectivity index (χ0n) is 18.9. The fourth-order valence-electron chi connectivity index (χ4n) is 3.99. The Morgan fingerprint density at radius 2 is 2.00 bits per heavy atom. The minimum atomic E-state index is -0.372. The van der Waals surface area contributed by atoms with Gasteiger partial charge in [0.25, 0.3) is 0 Å². The predicted octanol–water partition coefficient (Wildman–Crippen LogP) is 4.10. The highest BCUT2D eigenvalue weighted by Crippen LogP contribution is 2.31. The van der Waals surface area contributed by atoms with Crippen LogP contribution in [0.4, 0.5) is 10.1 Å². The number of anilines is 1. The molecule has 3 aromatic rings. The van der Waals surface area contributed by atoms with Gasteiger partial charge in [0.15, 0.2) is 0 Å². The first kappa shape index (κ1) is 22.7. The molecule has 0 spiro atoms. The Bertz CT molecular complexity index is 1100. The summed E-state index contributed by atoms with van der Waals surface area (Å²) in [6, 6.07) is 10.9. The largest absolute Gasteiger partial charge is 0.497 e. The summed E-state index contributed by atoms with van der Waals surface area (Å²) in [6.45, 7) is 3.29. The summed E-state index contributed by atoms with van der Waals surface area (Å²) in [6.07, 6.45) is 1.79. The number of nitrogens with zero attached hydrogens (tertiary/aromatic N) is 3. The Morgan fingerprint density at radius 1 is 1.21 bits per heavy atom. The van der Waals surface area contributed by atoms with Crippen molar-refractivity contribution in [3.8, 4) is 22.9 Å². The lowest BCUT2D eigenvalue weighted by Gasteiger charge is -2.34. The number of hydrogen-bond donors (Lipinski definition) is 1. The molecule has 9 heteroatoms. The third-order valence-electron chi connectivity index (χ3n) is 5.94. The number of rotatable bonds is 7. The minimum absolute atomic E-state index is 0.0158. The number of hydrogen-bond acceptors (Lipinski definition) is 7. The van der Waals surface area contributed by atoms with Crippen LogP contribution in [0.1, 0.15) is 31.6 Å². The molecule has 1 aromatic heterocycles. The molecular formula is C24H27FN4O4. The molecule has 8 nitrogen and oxygen atoms in total. The van der Waals surface area contributed by atoms with Crippen molar-refractivity contribution in [2.45, 2.75) is 31.7 Å². The molecule has 1 fully saturated rings. The second-order valence-electron chi connectivity index (χ2n) is 8.03. The van der Waals surface area contributed by atoms with Gasteiger partial charge >= 0.3 is 0 Å². The van der Waals surface area contributed by atoms with E-state index >= 15 is 0 Å². The summed E-state index contributed by atoms with van der Waals surface area (Å²) in [5.41, 5.74) is 1.25. The van der Waals surface area contributed by atoms with E-state index in [4.69, 9.17) is 14.0 Å². The van der Waals surface area contributed by atoms with E-state index in [0.717, 1.165) is 19.4 Å². The quantitative estimate of drug-likeness (QED) is 0.575. The van der Waals surface area contributed by atoms with Crippen molar-refractivity contribution in [2.75, 3.05) is 32.6 Å². The fourth-order valence-corrected chi connectivity index (χ4v) is 3.99. The average molecular weight is 455 g/mol. The SMILES string of the molecule is COc1ccc(OC)c(NC(=O)C(C)N2CCCC(c3nc(-c4ccc(F)cc4)no3)C2)c1.